The predicted octanol–water partition coefficient (Wildman–Crippen LogP) is 3.18. The number of H-pyrrole nitrogens is 1. The fourth-order valence-electron chi connectivity index (χ4n) is 3.36. The van der Waals surface area contributed by atoms with Crippen LogP contribution in [0.2, 0.25) is 10.0 Å². The van der Waals surface area contributed by atoms with Crippen LogP contribution in [0.1, 0.15) is 12.0 Å². The number of ether oxygens (including phenoxy) is 1. The second-order valence-electron chi connectivity index (χ2n) is 6.93. The van der Waals surface area contributed by atoms with Gasteiger partial charge in [-0.3, -0.25) is 14.7 Å². The van der Waals surface area contributed by atoms with Gasteiger partial charge < -0.3 is 14.6 Å². The largest absolute Gasteiger partial charge is 0.379 e. The molecule has 0 spiro atoms. The Morgan fingerprint density at radius 3 is 2.73 bits per heavy atom. The maximum Gasteiger partial charge on any atom is 0.278 e. The molecule has 3 aromatic rings. The standard InChI is InChI=1S/C19H22Cl2N6O2.ClH/c20-14-3-2-13(10-15(14)21)11-22-19-24-17-16(18(28)25-19)27(12-23-17)5-1-4-26-6-8-29-9-7-26;/h2-3,10,12H,1,4-9,11H2,(H2,22,24,25,28);1H. The van der Waals surface area contributed by atoms with Crippen molar-refractivity contribution >= 4 is 52.7 Å². The van der Waals surface area contributed by atoms with Crippen LogP contribution in [0, 0.1) is 0 Å². The van der Waals surface area contributed by atoms with Crippen LogP contribution >= 0.6 is 35.6 Å². The van der Waals surface area contributed by atoms with Crippen molar-refractivity contribution in [2.45, 2.75) is 19.5 Å². The van der Waals surface area contributed by atoms with Gasteiger partial charge in [-0.2, -0.15) is 4.98 Å². The number of hydrogen-bond donors (Lipinski definition) is 2. The molecule has 1 fully saturated rings. The first-order valence-electron chi connectivity index (χ1n) is 9.53. The SMILES string of the molecule is Cl.O=c1[nH]c(NCc2ccc(Cl)c(Cl)c2)nc2ncn(CCCN3CCOCC3)c12. The van der Waals surface area contributed by atoms with E-state index in [2.05, 4.69) is 25.2 Å². The molecule has 4 rings (SSSR count). The molecule has 3 heterocycles. The highest BCUT2D eigenvalue weighted by Gasteiger charge is 2.13. The number of aromatic amines is 1. The lowest BCUT2D eigenvalue weighted by Gasteiger charge is -2.26. The Balaban J connectivity index is 0.00000256. The number of aromatic nitrogens is 4. The van der Waals surface area contributed by atoms with E-state index in [0.717, 1.165) is 44.8 Å². The number of nitrogens with zero attached hydrogens (tertiary/aromatic N) is 4. The molecule has 162 valence electrons. The topological polar surface area (TPSA) is 88.1 Å². The van der Waals surface area contributed by atoms with E-state index in [1.165, 1.54) is 0 Å². The highest BCUT2D eigenvalue weighted by molar-refractivity contribution is 6.42. The zero-order chi connectivity index (χ0) is 20.2. The van der Waals surface area contributed by atoms with E-state index in [-0.39, 0.29) is 18.0 Å². The van der Waals surface area contributed by atoms with E-state index in [0.29, 0.717) is 40.2 Å². The number of benzene rings is 1. The summed E-state index contributed by atoms with van der Waals surface area (Å²) in [5.74, 6) is 0.368. The van der Waals surface area contributed by atoms with Gasteiger partial charge in [-0.25, -0.2) is 4.98 Å². The van der Waals surface area contributed by atoms with Crippen LogP contribution in [0.15, 0.2) is 29.3 Å². The monoisotopic (exact) mass is 472 g/mol. The molecule has 30 heavy (non-hydrogen) atoms. The van der Waals surface area contributed by atoms with Gasteiger partial charge in [0.05, 0.1) is 29.6 Å². The summed E-state index contributed by atoms with van der Waals surface area (Å²) in [6, 6.07) is 5.37. The molecule has 1 aliphatic rings. The summed E-state index contributed by atoms with van der Waals surface area (Å²) in [4.78, 5) is 26.5. The number of fused-ring (bicyclic) bond motifs is 1. The highest BCUT2D eigenvalue weighted by atomic mass is 35.5. The molecule has 0 saturated carbocycles. The van der Waals surface area contributed by atoms with Crippen molar-refractivity contribution in [1.82, 2.24) is 24.4 Å². The van der Waals surface area contributed by atoms with Gasteiger partial charge in [0.15, 0.2) is 11.2 Å². The Hall–Kier alpha value is -1.84. The van der Waals surface area contributed by atoms with Crippen molar-refractivity contribution in [3.05, 3.63) is 50.5 Å². The normalized spacial score (nSPS) is 14.6. The van der Waals surface area contributed by atoms with Crippen LogP contribution < -0.4 is 10.9 Å². The van der Waals surface area contributed by atoms with Crippen LogP contribution in [-0.2, 0) is 17.8 Å². The zero-order valence-electron chi connectivity index (χ0n) is 16.2. The Kier molecular flexibility index (Phi) is 7.96. The molecule has 2 N–H and O–H groups in total. The fourth-order valence-corrected chi connectivity index (χ4v) is 3.68. The summed E-state index contributed by atoms with van der Waals surface area (Å²) >= 11 is 12.0. The molecule has 11 heteroatoms. The van der Waals surface area contributed by atoms with Crippen molar-refractivity contribution in [1.29, 1.82) is 0 Å². The molecule has 8 nitrogen and oxygen atoms in total. The molecule has 0 aliphatic carbocycles. The van der Waals surface area contributed by atoms with Crippen molar-refractivity contribution in [2.24, 2.45) is 0 Å². The Morgan fingerprint density at radius 1 is 1.17 bits per heavy atom. The van der Waals surface area contributed by atoms with E-state index in [4.69, 9.17) is 27.9 Å². The van der Waals surface area contributed by atoms with Gasteiger partial charge in [-0.05, 0) is 24.1 Å². The molecule has 0 radical (unpaired) electrons. The summed E-state index contributed by atoms with van der Waals surface area (Å²) in [5.41, 5.74) is 1.63. The highest BCUT2D eigenvalue weighted by Crippen LogP contribution is 2.22. The molecule has 2 aromatic heterocycles. The van der Waals surface area contributed by atoms with E-state index < -0.39 is 0 Å². The van der Waals surface area contributed by atoms with Crippen LogP contribution in [0.4, 0.5) is 5.95 Å². The zero-order valence-corrected chi connectivity index (χ0v) is 18.6. The third-order valence-electron chi connectivity index (χ3n) is 4.90. The van der Waals surface area contributed by atoms with E-state index in [1.54, 1.807) is 18.5 Å². The van der Waals surface area contributed by atoms with E-state index >= 15 is 0 Å². The molecular formula is C19H23Cl3N6O2. The minimum absolute atomic E-state index is 0. The third kappa shape index (κ3) is 5.44. The minimum atomic E-state index is -0.212. The summed E-state index contributed by atoms with van der Waals surface area (Å²) in [6.07, 6.45) is 2.61. The summed E-state index contributed by atoms with van der Waals surface area (Å²) in [7, 11) is 0. The van der Waals surface area contributed by atoms with Crippen molar-refractivity contribution in [3.63, 3.8) is 0 Å². The van der Waals surface area contributed by atoms with Crippen LogP contribution in [0.3, 0.4) is 0 Å². The number of imidazole rings is 1. The number of rotatable bonds is 7. The molecular weight excluding hydrogens is 451 g/mol. The molecule has 1 saturated heterocycles. The molecule has 1 aliphatic heterocycles. The van der Waals surface area contributed by atoms with Gasteiger partial charge in [-0.1, -0.05) is 29.3 Å². The van der Waals surface area contributed by atoms with Crippen molar-refractivity contribution in [3.8, 4) is 0 Å². The summed E-state index contributed by atoms with van der Waals surface area (Å²) in [5, 5.41) is 4.09. The lowest BCUT2D eigenvalue weighted by atomic mass is 10.2. The second kappa shape index (κ2) is 10.5. The first kappa shape index (κ1) is 22.8. The minimum Gasteiger partial charge on any atom is -0.379 e. The van der Waals surface area contributed by atoms with Gasteiger partial charge in [-0.15, -0.1) is 12.4 Å². The number of aryl methyl sites for hydroxylation is 1. The predicted molar refractivity (Wildman–Crippen MR) is 121 cm³/mol. The molecule has 0 unspecified atom stereocenters. The lowest BCUT2D eigenvalue weighted by molar-refractivity contribution is 0.0369. The third-order valence-corrected chi connectivity index (χ3v) is 5.64. The summed E-state index contributed by atoms with van der Waals surface area (Å²) in [6.45, 7) is 5.63. The number of morpholine rings is 1. The fraction of sp³-hybridized carbons (Fsp3) is 0.421. The van der Waals surface area contributed by atoms with Crippen LogP contribution in [0.25, 0.3) is 11.2 Å². The lowest BCUT2D eigenvalue weighted by Crippen LogP contribution is -2.37. The first-order valence-corrected chi connectivity index (χ1v) is 10.3. The van der Waals surface area contributed by atoms with Gasteiger partial charge in [0.2, 0.25) is 5.95 Å². The molecule has 1 aromatic carbocycles. The van der Waals surface area contributed by atoms with Gasteiger partial charge >= 0.3 is 0 Å². The van der Waals surface area contributed by atoms with E-state index in [9.17, 15) is 4.79 Å². The molecule has 0 bridgehead atoms. The number of nitrogens with one attached hydrogen (secondary N) is 2. The Labute approximate surface area is 190 Å². The van der Waals surface area contributed by atoms with E-state index in [1.807, 2.05) is 10.6 Å². The average Bonchev–Trinajstić information content (AvgIpc) is 3.13. The van der Waals surface area contributed by atoms with Crippen molar-refractivity contribution in [2.75, 3.05) is 38.2 Å². The average molecular weight is 474 g/mol. The maximum atomic E-state index is 12.6. The number of hydrogen-bond acceptors (Lipinski definition) is 6. The van der Waals surface area contributed by atoms with Gasteiger partial charge in [0, 0.05) is 32.7 Å². The van der Waals surface area contributed by atoms with Gasteiger partial charge in [0.25, 0.3) is 5.56 Å². The van der Waals surface area contributed by atoms with Gasteiger partial charge in [0.1, 0.15) is 0 Å². The number of anilines is 1. The second-order valence-corrected chi connectivity index (χ2v) is 7.75. The first-order chi connectivity index (χ1) is 14.1. The summed E-state index contributed by atoms with van der Waals surface area (Å²) < 4.78 is 7.23. The molecule has 0 atom stereocenters. The van der Waals surface area contributed by atoms with Crippen molar-refractivity contribution < 1.29 is 4.74 Å². The maximum absolute atomic E-state index is 12.6. The smallest absolute Gasteiger partial charge is 0.278 e. The Bertz CT molecular complexity index is 1050. The quantitative estimate of drug-likeness (QED) is 0.548. The Morgan fingerprint density at radius 2 is 1.97 bits per heavy atom. The number of halogens is 3. The van der Waals surface area contributed by atoms with Crippen LogP contribution in [-0.4, -0.2) is 57.3 Å². The van der Waals surface area contributed by atoms with Crippen LogP contribution in [0.5, 0.6) is 0 Å². The molecule has 0 amide bonds.